The molecule has 0 spiro atoms. The van der Waals surface area contributed by atoms with E-state index in [1.165, 1.54) is 7.11 Å². The van der Waals surface area contributed by atoms with Crippen molar-refractivity contribution in [2.75, 3.05) is 33.5 Å². The quantitative estimate of drug-likeness (QED) is 0.362. The highest BCUT2D eigenvalue weighted by molar-refractivity contribution is 5.81. The summed E-state index contributed by atoms with van der Waals surface area (Å²) in [7, 11) is 1.53. The third-order valence-electron chi connectivity index (χ3n) is 4.98. The highest BCUT2D eigenvalue weighted by Crippen LogP contribution is 2.33. The molecule has 32 heavy (non-hydrogen) atoms. The molecule has 0 radical (unpaired) electrons. The Morgan fingerprint density at radius 2 is 1.31 bits per heavy atom. The van der Waals surface area contributed by atoms with Gasteiger partial charge < -0.3 is 29.2 Å². The Morgan fingerprint density at radius 1 is 0.875 bits per heavy atom. The number of rotatable bonds is 13. The maximum atomic E-state index is 11.0. The van der Waals surface area contributed by atoms with Crippen molar-refractivity contribution in [2.24, 2.45) is 0 Å². The summed E-state index contributed by atoms with van der Waals surface area (Å²) in [4.78, 5) is 11.0. The minimum Gasteiger partial charge on any atom is -0.491 e. The van der Waals surface area contributed by atoms with Gasteiger partial charge in [-0.2, -0.15) is 0 Å². The molecule has 0 saturated heterocycles. The van der Waals surface area contributed by atoms with Crippen LogP contribution in [-0.4, -0.2) is 61.9 Å². The monoisotopic (exact) mass is 444 g/mol. The average Bonchev–Trinajstić information content (AvgIpc) is 2.80. The molecule has 0 aliphatic rings. The van der Waals surface area contributed by atoms with Gasteiger partial charge in [0.05, 0.1) is 6.61 Å². The Balaban J connectivity index is 1.93. The van der Waals surface area contributed by atoms with E-state index in [4.69, 9.17) is 18.9 Å². The number of aliphatic hydroxyl groups is 2. The van der Waals surface area contributed by atoms with E-state index in [2.05, 4.69) is 20.4 Å². The van der Waals surface area contributed by atoms with Crippen molar-refractivity contribution in [1.29, 1.82) is 0 Å². The summed E-state index contributed by atoms with van der Waals surface area (Å²) >= 11 is 0. The van der Waals surface area contributed by atoms with E-state index in [0.717, 1.165) is 17.2 Å². The van der Waals surface area contributed by atoms with Crippen molar-refractivity contribution in [3.63, 3.8) is 0 Å². The van der Waals surface area contributed by atoms with E-state index >= 15 is 0 Å². The van der Waals surface area contributed by atoms with E-state index in [-0.39, 0.29) is 31.8 Å². The van der Waals surface area contributed by atoms with Crippen molar-refractivity contribution in [3.05, 3.63) is 72.3 Å². The van der Waals surface area contributed by atoms with Crippen molar-refractivity contribution < 1.29 is 34.0 Å². The number of hydrogen-bond donors (Lipinski definition) is 2. The summed E-state index contributed by atoms with van der Waals surface area (Å²) in [6, 6.07) is 15.4. The number of carbonyl (C=O) groups excluding carboxylic acids is 1. The second-order valence-corrected chi connectivity index (χ2v) is 7.89. The lowest BCUT2D eigenvalue weighted by molar-refractivity contribution is -0.141. The first-order valence-corrected chi connectivity index (χ1v) is 10.4. The SMILES string of the molecule is C=CC(=O)OCC(O)COc1ccc(C(C)(C)c2ccc(OCC(O)COC)cc2)cc1. The molecule has 174 valence electrons. The first-order valence-electron chi connectivity index (χ1n) is 10.4. The molecule has 2 atom stereocenters. The largest absolute Gasteiger partial charge is 0.491 e. The average molecular weight is 445 g/mol. The van der Waals surface area contributed by atoms with Gasteiger partial charge in [-0.15, -0.1) is 0 Å². The number of aliphatic hydroxyl groups excluding tert-OH is 2. The third-order valence-corrected chi connectivity index (χ3v) is 4.98. The van der Waals surface area contributed by atoms with Crippen molar-refractivity contribution >= 4 is 5.97 Å². The van der Waals surface area contributed by atoms with Gasteiger partial charge >= 0.3 is 5.97 Å². The molecule has 7 heteroatoms. The lowest BCUT2D eigenvalue weighted by atomic mass is 9.78. The Hall–Kier alpha value is -2.87. The first kappa shape index (κ1) is 25.4. The smallest absolute Gasteiger partial charge is 0.330 e. The fourth-order valence-electron chi connectivity index (χ4n) is 3.01. The summed E-state index contributed by atoms with van der Waals surface area (Å²) in [6.45, 7) is 7.80. The van der Waals surface area contributed by atoms with Crippen LogP contribution in [0, 0.1) is 0 Å². The predicted molar refractivity (Wildman–Crippen MR) is 121 cm³/mol. The minimum absolute atomic E-state index is 0.00764. The van der Waals surface area contributed by atoms with Crippen LogP contribution in [0.1, 0.15) is 25.0 Å². The molecule has 2 N–H and O–H groups in total. The zero-order valence-corrected chi connectivity index (χ0v) is 18.8. The predicted octanol–water partition coefficient (Wildman–Crippen LogP) is 2.87. The summed E-state index contributed by atoms with van der Waals surface area (Å²) in [5, 5.41) is 19.5. The molecule has 0 aromatic heterocycles. The molecule has 2 rings (SSSR count). The van der Waals surface area contributed by atoms with Gasteiger partial charge in [-0.25, -0.2) is 4.79 Å². The molecule has 0 saturated carbocycles. The van der Waals surface area contributed by atoms with Crippen molar-refractivity contribution in [3.8, 4) is 11.5 Å². The lowest BCUT2D eigenvalue weighted by Crippen LogP contribution is -2.24. The molecule has 7 nitrogen and oxygen atoms in total. The van der Waals surface area contributed by atoms with Gasteiger partial charge in [0, 0.05) is 18.6 Å². The molecule has 2 aromatic rings. The second-order valence-electron chi connectivity index (χ2n) is 7.89. The van der Waals surface area contributed by atoms with Gasteiger partial charge in [-0.05, 0) is 35.4 Å². The van der Waals surface area contributed by atoms with Crippen LogP contribution in [0.3, 0.4) is 0 Å². The van der Waals surface area contributed by atoms with Gasteiger partial charge in [-0.1, -0.05) is 44.7 Å². The number of carbonyl (C=O) groups is 1. The molecular weight excluding hydrogens is 412 g/mol. The number of methoxy groups -OCH3 is 1. The zero-order valence-electron chi connectivity index (χ0n) is 18.8. The van der Waals surface area contributed by atoms with E-state index in [1.54, 1.807) is 0 Å². The normalized spacial score (nSPS) is 13.2. The molecule has 0 heterocycles. The third kappa shape index (κ3) is 7.67. The molecule has 0 aliphatic carbocycles. The molecule has 2 aromatic carbocycles. The summed E-state index contributed by atoms with van der Waals surface area (Å²) in [6.07, 6.45) is -0.548. The summed E-state index contributed by atoms with van der Waals surface area (Å²) < 4.78 is 20.8. The van der Waals surface area contributed by atoms with Crippen LogP contribution in [0.2, 0.25) is 0 Å². The van der Waals surface area contributed by atoms with Crippen molar-refractivity contribution in [1.82, 2.24) is 0 Å². The van der Waals surface area contributed by atoms with Gasteiger partial charge in [-0.3, -0.25) is 0 Å². The van der Waals surface area contributed by atoms with Crippen LogP contribution in [0.15, 0.2) is 61.2 Å². The number of hydrogen-bond acceptors (Lipinski definition) is 7. The Labute approximate surface area is 189 Å². The Bertz CT molecular complexity index is 844. The van der Waals surface area contributed by atoms with E-state index in [9.17, 15) is 15.0 Å². The highest BCUT2D eigenvalue weighted by atomic mass is 16.5. The second kappa shape index (κ2) is 12.2. The topological polar surface area (TPSA) is 94.5 Å². The fourth-order valence-corrected chi connectivity index (χ4v) is 3.01. The summed E-state index contributed by atoms with van der Waals surface area (Å²) in [5.41, 5.74) is 1.94. The van der Waals surface area contributed by atoms with Gasteiger partial charge in [0.15, 0.2) is 0 Å². The van der Waals surface area contributed by atoms with Crippen LogP contribution in [-0.2, 0) is 19.7 Å². The molecule has 0 aliphatic heterocycles. The maximum Gasteiger partial charge on any atom is 0.330 e. The standard InChI is InChI=1S/C25H32O7/c1-5-24(28)32-17-21(27)16-31-23-12-8-19(9-13-23)25(2,3)18-6-10-22(11-7-18)30-15-20(26)14-29-4/h5-13,20-21,26-27H,1,14-17H2,2-4H3. The number of esters is 1. The molecule has 0 bridgehead atoms. The molecule has 2 unspecified atom stereocenters. The first-order chi connectivity index (χ1) is 15.3. The van der Waals surface area contributed by atoms with Gasteiger partial charge in [0.1, 0.15) is 43.5 Å². The molecule has 0 fully saturated rings. The number of ether oxygens (including phenoxy) is 4. The van der Waals surface area contributed by atoms with Gasteiger partial charge in [0.25, 0.3) is 0 Å². The molecule has 0 amide bonds. The van der Waals surface area contributed by atoms with E-state index in [0.29, 0.717) is 11.5 Å². The zero-order chi connectivity index (χ0) is 23.6. The van der Waals surface area contributed by atoms with Crippen molar-refractivity contribution in [2.45, 2.75) is 31.5 Å². The maximum absolute atomic E-state index is 11.0. The molecular formula is C25H32O7. The van der Waals surface area contributed by atoms with Gasteiger partial charge in [0.2, 0.25) is 0 Å². The van der Waals surface area contributed by atoms with Crippen LogP contribution in [0.25, 0.3) is 0 Å². The van der Waals surface area contributed by atoms with Crippen LogP contribution in [0.5, 0.6) is 11.5 Å². The minimum atomic E-state index is -0.925. The highest BCUT2D eigenvalue weighted by Gasteiger charge is 2.23. The fraction of sp³-hybridized carbons (Fsp3) is 0.400. The van der Waals surface area contributed by atoms with E-state index in [1.807, 2.05) is 48.5 Å². The lowest BCUT2D eigenvalue weighted by Gasteiger charge is -2.26. The summed E-state index contributed by atoms with van der Waals surface area (Å²) in [5.74, 6) is 0.705. The van der Waals surface area contributed by atoms with E-state index < -0.39 is 18.2 Å². The number of benzene rings is 2. The van der Waals surface area contributed by atoms with Crippen LogP contribution in [0.4, 0.5) is 0 Å². The van der Waals surface area contributed by atoms with Crippen LogP contribution >= 0.6 is 0 Å². The Morgan fingerprint density at radius 3 is 1.72 bits per heavy atom. The Kier molecular flexibility index (Phi) is 9.71. The van der Waals surface area contributed by atoms with Crippen LogP contribution < -0.4 is 9.47 Å².